The molecule has 0 saturated carbocycles. The van der Waals surface area contributed by atoms with Crippen molar-refractivity contribution in [2.75, 3.05) is 0 Å². The van der Waals surface area contributed by atoms with E-state index < -0.39 is 0 Å². The molecule has 0 fully saturated rings. The first-order valence-corrected chi connectivity index (χ1v) is 10.0. The van der Waals surface area contributed by atoms with Gasteiger partial charge in [-0.25, -0.2) is 12.1 Å². The third-order valence-corrected chi connectivity index (χ3v) is 4.77. The molecule has 4 rings (SSSR count). The van der Waals surface area contributed by atoms with E-state index in [1.54, 1.807) is 6.08 Å². The second-order valence-electron chi connectivity index (χ2n) is 7.08. The van der Waals surface area contributed by atoms with Crippen LogP contribution in [-0.2, 0) is 23.7 Å². The molecule has 0 atom stereocenters. The maximum atomic E-state index is 12.7. The molecule has 31 heavy (non-hydrogen) atoms. The molecule has 0 unspecified atom stereocenters. The van der Waals surface area contributed by atoms with Crippen LogP contribution < -0.4 is 4.74 Å². The number of hydrogen-bond acceptors (Lipinski definition) is 2. The largest absolute Gasteiger partial charge is 2.00 e. The molecular weight excluding hydrogens is 424 g/mol. The molecule has 0 spiro atoms. The van der Waals surface area contributed by atoms with E-state index in [9.17, 15) is 4.79 Å². The smallest absolute Gasteiger partial charge is 0.488 e. The summed E-state index contributed by atoms with van der Waals surface area (Å²) < 4.78 is 5.96. The third kappa shape index (κ3) is 7.57. The Bertz CT molecular complexity index is 1040. The summed E-state index contributed by atoms with van der Waals surface area (Å²) in [6.07, 6.45) is 3.44. The number of allylic oxidation sites excluding steroid dienone is 1. The van der Waals surface area contributed by atoms with Crippen molar-refractivity contribution in [3.05, 3.63) is 131 Å². The van der Waals surface area contributed by atoms with Gasteiger partial charge in [-0.15, -0.1) is 12.1 Å². The van der Waals surface area contributed by atoms with Crippen molar-refractivity contribution in [1.29, 1.82) is 0 Å². The van der Waals surface area contributed by atoms with Crippen molar-refractivity contribution in [1.82, 2.24) is 0 Å². The molecular formula is C28H26FeO2. The second-order valence-corrected chi connectivity index (χ2v) is 7.08. The molecule has 0 saturated heterocycles. The predicted octanol–water partition coefficient (Wildman–Crippen LogP) is 6.90. The van der Waals surface area contributed by atoms with Gasteiger partial charge < -0.3 is 4.74 Å². The summed E-state index contributed by atoms with van der Waals surface area (Å²) in [5, 5.41) is 0. The average molecular weight is 450 g/mol. The number of ketones is 1. The SMILES string of the molecule is Cc1cc(OCc2ccccc2)c(C(=O)/C=C/c2ccc[cH-]2)cc1C.[Fe+2].c1cc[cH-]c1. The maximum absolute atomic E-state index is 12.7. The molecule has 0 aliphatic rings. The summed E-state index contributed by atoms with van der Waals surface area (Å²) in [4.78, 5) is 12.7. The molecule has 3 heteroatoms. The molecule has 4 aromatic carbocycles. The zero-order valence-corrected chi connectivity index (χ0v) is 18.9. The molecule has 0 radical (unpaired) electrons. The number of ether oxygens (including phenoxy) is 1. The van der Waals surface area contributed by atoms with Crippen LogP contribution in [0.25, 0.3) is 6.08 Å². The van der Waals surface area contributed by atoms with Gasteiger partial charge in [0.1, 0.15) is 12.4 Å². The maximum Gasteiger partial charge on any atom is 2.00 e. The minimum Gasteiger partial charge on any atom is -0.488 e. The molecule has 4 aromatic rings. The second kappa shape index (κ2) is 12.5. The Hall–Kier alpha value is -3.13. The molecule has 0 bridgehead atoms. The molecule has 0 aliphatic carbocycles. The Morgan fingerprint density at radius 3 is 2.23 bits per heavy atom. The van der Waals surface area contributed by atoms with E-state index in [1.807, 2.05) is 117 Å². The van der Waals surface area contributed by atoms with E-state index in [0.717, 1.165) is 22.3 Å². The van der Waals surface area contributed by atoms with E-state index in [-0.39, 0.29) is 22.9 Å². The van der Waals surface area contributed by atoms with E-state index in [2.05, 4.69) is 0 Å². The normalized spacial score (nSPS) is 10.1. The van der Waals surface area contributed by atoms with E-state index in [1.165, 1.54) is 0 Å². The monoisotopic (exact) mass is 450 g/mol. The fraction of sp³-hybridized carbons (Fsp3) is 0.107. The molecule has 0 heterocycles. The van der Waals surface area contributed by atoms with Crippen LogP contribution in [0, 0.1) is 13.8 Å². The van der Waals surface area contributed by atoms with Crippen LogP contribution in [0.5, 0.6) is 5.75 Å². The zero-order valence-electron chi connectivity index (χ0n) is 17.8. The van der Waals surface area contributed by atoms with Crippen molar-refractivity contribution >= 4 is 11.9 Å². The standard InChI is InChI=1S/C23H21O2.C5H5.Fe/c1-17-14-21(22(24)13-12-19-8-6-7-9-19)23(15-18(17)2)25-16-20-10-4-3-5-11-20;1-2-4-5-3-1;/h3-15H,16H2,1-2H3;1-5H;/q2*-1;+2/b13-12+;;. The van der Waals surface area contributed by atoms with E-state index in [0.29, 0.717) is 17.9 Å². The fourth-order valence-corrected chi connectivity index (χ4v) is 2.92. The first-order valence-electron chi connectivity index (χ1n) is 10.0. The van der Waals surface area contributed by atoms with Crippen molar-refractivity contribution in [3.63, 3.8) is 0 Å². The van der Waals surface area contributed by atoms with Gasteiger partial charge in [0, 0.05) is 0 Å². The van der Waals surface area contributed by atoms with Gasteiger partial charge in [-0.3, -0.25) is 4.79 Å². The molecule has 0 amide bonds. The number of carbonyl (C=O) groups excluding carboxylic acids is 1. The molecule has 0 N–H and O–H groups in total. The Morgan fingerprint density at radius 1 is 0.903 bits per heavy atom. The fourth-order valence-electron chi connectivity index (χ4n) is 2.92. The average Bonchev–Trinajstić information content (AvgIpc) is 3.50. The Morgan fingerprint density at radius 2 is 1.61 bits per heavy atom. The molecule has 0 aromatic heterocycles. The number of carbonyl (C=O) groups is 1. The molecule has 2 nitrogen and oxygen atoms in total. The molecule has 158 valence electrons. The van der Waals surface area contributed by atoms with Crippen LogP contribution in [0.15, 0.2) is 103 Å². The quantitative estimate of drug-likeness (QED) is 0.138. The predicted molar refractivity (Wildman–Crippen MR) is 124 cm³/mol. The topological polar surface area (TPSA) is 26.3 Å². The Labute approximate surface area is 195 Å². The summed E-state index contributed by atoms with van der Waals surface area (Å²) in [7, 11) is 0. The van der Waals surface area contributed by atoms with E-state index in [4.69, 9.17) is 4.74 Å². The number of aryl methyl sites for hydroxylation is 2. The Kier molecular flexibility index (Phi) is 9.76. The van der Waals surface area contributed by atoms with Crippen LogP contribution in [0.2, 0.25) is 0 Å². The van der Waals surface area contributed by atoms with Crippen molar-refractivity contribution in [3.8, 4) is 5.75 Å². The summed E-state index contributed by atoms with van der Waals surface area (Å²) in [6, 6.07) is 31.7. The van der Waals surface area contributed by atoms with Crippen LogP contribution >= 0.6 is 0 Å². The van der Waals surface area contributed by atoms with Crippen LogP contribution in [0.4, 0.5) is 0 Å². The first kappa shape index (κ1) is 24.1. The van der Waals surface area contributed by atoms with Gasteiger partial charge in [-0.2, -0.15) is 42.0 Å². The number of hydrogen-bond donors (Lipinski definition) is 0. The van der Waals surface area contributed by atoms with Gasteiger partial charge in [-0.1, -0.05) is 36.4 Å². The van der Waals surface area contributed by atoms with Gasteiger partial charge in [0.05, 0.1) is 5.56 Å². The number of rotatable bonds is 6. The third-order valence-electron chi connectivity index (χ3n) is 4.77. The van der Waals surface area contributed by atoms with Gasteiger partial charge in [0.25, 0.3) is 0 Å². The van der Waals surface area contributed by atoms with Crippen LogP contribution in [0.1, 0.15) is 32.6 Å². The molecule has 0 aliphatic heterocycles. The number of benzene rings is 2. The van der Waals surface area contributed by atoms with Gasteiger partial charge in [0.2, 0.25) is 0 Å². The van der Waals surface area contributed by atoms with Crippen molar-refractivity contribution < 1.29 is 26.6 Å². The van der Waals surface area contributed by atoms with Gasteiger partial charge in [0.15, 0.2) is 5.78 Å². The minimum absolute atomic E-state index is 0. The van der Waals surface area contributed by atoms with Gasteiger partial charge >= 0.3 is 17.1 Å². The summed E-state index contributed by atoms with van der Waals surface area (Å²) >= 11 is 0. The van der Waals surface area contributed by atoms with Gasteiger partial charge in [-0.05, 0) is 42.7 Å². The minimum atomic E-state index is -0.0487. The van der Waals surface area contributed by atoms with Crippen LogP contribution in [0.3, 0.4) is 0 Å². The Balaban J connectivity index is 0.000000501. The van der Waals surface area contributed by atoms with Crippen molar-refractivity contribution in [2.45, 2.75) is 20.5 Å². The van der Waals surface area contributed by atoms with Crippen molar-refractivity contribution in [2.24, 2.45) is 0 Å². The first-order chi connectivity index (χ1) is 14.6. The summed E-state index contributed by atoms with van der Waals surface area (Å²) in [5.74, 6) is 0.580. The summed E-state index contributed by atoms with van der Waals surface area (Å²) in [5.41, 5.74) is 4.88. The summed E-state index contributed by atoms with van der Waals surface area (Å²) in [6.45, 7) is 4.48. The van der Waals surface area contributed by atoms with E-state index >= 15 is 0 Å². The zero-order chi connectivity index (χ0) is 21.2. The van der Waals surface area contributed by atoms with Crippen LogP contribution in [-0.4, -0.2) is 5.78 Å².